The molecule has 3 aliphatic rings. The van der Waals surface area contributed by atoms with Gasteiger partial charge < -0.3 is 15.3 Å². The Labute approximate surface area is 115 Å². The zero-order valence-corrected chi connectivity index (χ0v) is 11.9. The summed E-state index contributed by atoms with van der Waals surface area (Å²) < 4.78 is 0. The fraction of sp³-hybridized carbons (Fsp3) is 0.933. The maximum atomic E-state index is 12.6. The lowest BCUT2D eigenvalue weighted by molar-refractivity contribution is -0.135. The van der Waals surface area contributed by atoms with Crippen LogP contribution >= 0.6 is 0 Å². The van der Waals surface area contributed by atoms with Gasteiger partial charge in [-0.15, -0.1) is 0 Å². The molecule has 0 radical (unpaired) electrons. The van der Waals surface area contributed by atoms with E-state index < -0.39 is 0 Å². The average molecular weight is 266 g/mol. The molecule has 2 N–H and O–H groups in total. The monoisotopic (exact) mass is 266 g/mol. The zero-order valence-electron chi connectivity index (χ0n) is 11.9. The first-order chi connectivity index (χ1) is 9.12. The average Bonchev–Trinajstić information content (AvgIpc) is 3.12. The molecule has 0 aromatic rings. The van der Waals surface area contributed by atoms with Gasteiger partial charge in [-0.3, -0.25) is 4.79 Å². The summed E-state index contributed by atoms with van der Waals surface area (Å²) in [6, 6.07) is 0. The highest BCUT2D eigenvalue weighted by Crippen LogP contribution is 2.59. The van der Waals surface area contributed by atoms with Crippen LogP contribution in [-0.4, -0.2) is 48.2 Å². The summed E-state index contributed by atoms with van der Waals surface area (Å²) in [7, 11) is 0. The summed E-state index contributed by atoms with van der Waals surface area (Å²) in [5.41, 5.74) is 0.351. The predicted molar refractivity (Wildman–Crippen MR) is 73.6 cm³/mol. The van der Waals surface area contributed by atoms with Crippen molar-refractivity contribution in [3.8, 4) is 0 Å². The number of hydrogen-bond donors (Lipinski definition) is 2. The Hall–Kier alpha value is -0.610. The van der Waals surface area contributed by atoms with E-state index in [1.165, 1.54) is 12.8 Å². The zero-order chi connectivity index (χ0) is 13.5. The van der Waals surface area contributed by atoms with E-state index in [0.29, 0.717) is 23.2 Å². The number of hydrogen-bond acceptors (Lipinski definition) is 3. The molecular weight excluding hydrogens is 240 g/mol. The Bertz CT molecular complexity index is 342. The van der Waals surface area contributed by atoms with Gasteiger partial charge >= 0.3 is 0 Å². The summed E-state index contributed by atoms with van der Waals surface area (Å²) in [5.74, 6) is 1.08. The second-order valence-corrected chi connectivity index (χ2v) is 6.77. The predicted octanol–water partition coefficient (Wildman–Crippen LogP) is 0.995. The van der Waals surface area contributed by atoms with Crippen molar-refractivity contribution in [2.75, 3.05) is 26.2 Å². The lowest BCUT2D eigenvalue weighted by Gasteiger charge is -2.34. The van der Waals surface area contributed by atoms with E-state index in [-0.39, 0.29) is 6.10 Å². The summed E-state index contributed by atoms with van der Waals surface area (Å²) in [6.45, 7) is 5.72. The molecule has 0 aromatic heterocycles. The molecule has 108 valence electrons. The van der Waals surface area contributed by atoms with Gasteiger partial charge in [-0.2, -0.15) is 0 Å². The highest BCUT2D eigenvalue weighted by atomic mass is 16.3. The van der Waals surface area contributed by atoms with E-state index in [2.05, 4.69) is 10.2 Å². The molecule has 0 bridgehead atoms. The van der Waals surface area contributed by atoms with Gasteiger partial charge in [0.15, 0.2) is 0 Å². The second kappa shape index (κ2) is 5.06. The number of rotatable bonds is 2. The number of piperidine rings is 2. The Morgan fingerprint density at radius 2 is 1.95 bits per heavy atom. The maximum Gasteiger partial charge on any atom is 0.226 e. The van der Waals surface area contributed by atoms with Gasteiger partial charge in [-0.25, -0.2) is 0 Å². The molecule has 1 aliphatic carbocycles. The van der Waals surface area contributed by atoms with Crippen molar-refractivity contribution in [2.24, 2.45) is 17.3 Å². The molecule has 19 heavy (non-hydrogen) atoms. The molecule has 2 unspecified atom stereocenters. The largest absolute Gasteiger partial charge is 0.393 e. The molecule has 2 aliphatic heterocycles. The number of nitrogens with zero attached hydrogens (tertiary/aromatic N) is 1. The molecule has 3 fully saturated rings. The summed E-state index contributed by atoms with van der Waals surface area (Å²) >= 11 is 0. The van der Waals surface area contributed by atoms with Crippen molar-refractivity contribution in [1.82, 2.24) is 10.2 Å². The van der Waals surface area contributed by atoms with Gasteiger partial charge in [0.1, 0.15) is 0 Å². The molecule has 1 amide bonds. The first-order valence-corrected chi connectivity index (χ1v) is 7.80. The van der Waals surface area contributed by atoms with Crippen LogP contribution in [0.4, 0.5) is 0 Å². The van der Waals surface area contributed by atoms with Gasteiger partial charge in [-0.1, -0.05) is 0 Å². The van der Waals surface area contributed by atoms with Crippen molar-refractivity contribution < 1.29 is 9.90 Å². The van der Waals surface area contributed by atoms with Gasteiger partial charge in [0.25, 0.3) is 0 Å². The van der Waals surface area contributed by atoms with Crippen molar-refractivity contribution in [3.05, 3.63) is 0 Å². The highest BCUT2D eigenvalue weighted by Gasteiger charge is 2.58. The van der Waals surface area contributed by atoms with Crippen molar-refractivity contribution in [2.45, 2.75) is 45.1 Å². The minimum Gasteiger partial charge on any atom is -0.393 e. The molecule has 2 heterocycles. The van der Waals surface area contributed by atoms with Crippen LogP contribution in [0.15, 0.2) is 0 Å². The smallest absolute Gasteiger partial charge is 0.226 e. The normalized spacial score (nSPS) is 32.3. The topological polar surface area (TPSA) is 52.6 Å². The van der Waals surface area contributed by atoms with Crippen LogP contribution < -0.4 is 5.32 Å². The van der Waals surface area contributed by atoms with Gasteiger partial charge in [0, 0.05) is 19.0 Å². The quantitative estimate of drug-likeness (QED) is 0.784. The first kappa shape index (κ1) is 13.4. The Morgan fingerprint density at radius 1 is 1.32 bits per heavy atom. The molecule has 3 rings (SSSR count). The third-order valence-electron chi connectivity index (χ3n) is 5.62. The minimum atomic E-state index is -0.228. The fourth-order valence-corrected chi connectivity index (χ4v) is 4.00. The van der Waals surface area contributed by atoms with E-state index in [4.69, 9.17) is 0 Å². The lowest BCUT2D eigenvalue weighted by atomic mass is 9.90. The van der Waals surface area contributed by atoms with Crippen molar-refractivity contribution >= 4 is 5.91 Å². The lowest BCUT2D eigenvalue weighted by Crippen LogP contribution is -2.42. The van der Waals surface area contributed by atoms with Crippen LogP contribution in [0.2, 0.25) is 0 Å². The Kier molecular flexibility index (Phi) is 3.56. The third kappa shape index (κ3) is 2.52. The van der Waals surface area contributed by atoms with E-state index in [9.17, 15) is 9.90 Å². The Morgan fingerprint density at radius 3 is 2.53 bits per heavy atom. The van der Waals surface area contributed by atoms with Gasteiger partial charge in [0.05, 0.1) is 6.10 Å². The van der Waals surface area contributed by atoms with Crippen molar-refractivity contribution in [3.63, 3.8) is 0 Å². The summed E-state index contributed by atoms with van der Waals surface area (Å²) in [4.78, 5) is 14.6. The number of likely N-dealkylation sites (tertiary alicyclic amines) is 1. The van der Waals surface area contributed by atoms with Crippen LogP contribution in [0, 0.1) is 17.3 Å². The van der Waals surface area contributed by atoms with Crippen LogP contribution in [-0.2, 0) is 4.79 Å². The number of aliphatic hydroxyl groups excluding tert-OH is 1. The second-order valence-electron chi connectivity index (χ2n) is 6.77. The molecule has 0 aromatic carbocycles. The number of aliphatic hydroxyl groups is 1. The number of amides is 1. The number of nitrogens with one attached hydrogen (secondary N) is 1. The molecular formula is C15H26N2O2. The standard InChI is InChI=1S/C15H26N2O2/c1-11(18)12-2-8-17(9-3-12)14(19)13-10-15(13)4-6-16-7-5-15/h11-13,16,18H,2-10H2,1H3. The van der Waals surface area contributed by atoms with Crippen LogP contribution in [0.1, 0.15) is 39.0 Å². The van der Waals surface area contributed by atoms with Crippen molar-refractivity contribution in [1.29, 1.82) is 0 Å². The minimum absolute atomic E-state index is 0.228. The molecule has 2 saturated heterocycles. The van der Waals surface area contributed by atoms with Gasteiger partial charge in [-0.05, 0) is 63.5 Å². The SMILES string of the molecule is CC(O)C1CCN(C(=O)C2CC23CCNCC3)CC1. The molecule has 4 nitrogen and oxygen atoms in total. The first-order valence-electron chi connectivity index (χ1n) is 7.80. The fourth-order valence-electron chi connectivity index (χ4n) is 4.00. The van der Waals surface area contributed by atoms with Crippen LogP contribution in [0.3, 0.4) is 0 Å². The molecule has 1 spiro atoms. The van der Waals surface area contributed by atoms with Crippen LogP contribution in [0.5, 0.6) is 0 Å². The maximum absolute atomic E-state index is 12.6. The summed E-state index contributed by atoms with van der Waals surface area (Å²) in [6.07, 6.45) is 5.16. The highest BCUT2D eigenvalue weighted by molar-refractivity contribution is 5.82. The summed E-state index contributed by atoms with van der Waals surface area (Å²) in [5, 5.41) is 13.0. The van der Waals surface area contributed by atoms with E-state index in [0.717, 1.165) is 45.4 Å². The third-order valence-corrected chi connectivity index (χ3v) is 5.62. The van der Waals surface area contributed by atoms with Gasteiger partial charge in [0.2, 0.25) is 5.91 Å². The van der Waals surface area contributed by atoms with E-state index in [1.54, 1.807) is 0 Å². The molecule has 2 atom stereocenters. The van der Waals surface area contributed by atoms with E-state index in [1.807, 2.05) is 6.92 Å². The molecule has 4 heteroatoms. The number of carbonyl (C=O) groups excluding carboxylic acids is 1. The number of carbonyl (C=O) groups is 1. The van der Waals surface area contributed by atoms with E-state index >= 15 is 0 Å². The van der Waals surface area contributed by atoms with Crippen LogP contribution in [0.25, 0.3) is 0 Å². The molecule has 1 saturated carbocycles. The Balaban J connectivity index is 1.52.